The second kappa shape index (κ2) is 6.81. The summed E-state index contributed by atoms with van der Waals surface area (Å²) in [7, 11) is 1.55. The summed E-state index contributed by atoms with van der Waals surface area (Å²) in [5.41, 5.74) is 3.92. The first-order valence-corrected chi connectivity index (χ1v) is 9.47. The van der Waals surface area contributed by atoms with Crippen molar-refractivity contribution in [1.82, 2.24) is 9.88 Å². The molecule has 10 heteroatoms. The summed E-state index contributed by atoms with van der Waals surface area (Å²) in [5, 5.41) is 20.7. The van der Waals surface area contributed by atoms with Crippen molar-refractivity contribution in [3.05, 3.63) is 33.4 Å². The number of likely N-dealkylation sites (N-methyl/N-ethyl adjacent to an activating group) is 1. The zero-order valence-electron chi connectivity index (χ0n) is 15.2. The summed E-state index contributed by atoms with van der Waals surface area (Å²) in [6, 6.07) is 2.45. The fourth-order valence-corrected chi connectivity index (χ4v) is 4.10. The number of fused-ring (bicyclic) bond motifs is 3. The minimum absolute atomic E-state index is 0.00718. The Kier molecular flexibility index (Phi) is 4.53. The molecule has 150 valence electrons. The van der Waals surface area contributed by atoms with Crippen LogP contribution in [0.1, 0.15) is 32.8 Å². The van der Waals surface area contributed by atoms with Gasteiger partial charge in [0, 0.05) is 31.6 Å². The van der Waals surface area contributed by atoms with E-state index in [2.05, 4.69) is 16.8 Å². The number of carbonyl (C=O) groups excluding carboxylic acids is 2. The van der Waals surface area contributed by atoms with E-state index in [1.165, 1.54) is 11.0 Å². The number of benzene rings is 1. The van der Waals surface area contributed by atoms with Crippen LogP contribution in [0.15, 0.2) is 12.1 Å². The molecule has 2 aromatic rings. The van der Waals surface area contributed by atoms with Crippen molar-refractivity contribution in [1.29, 1.82) is 0 Å². The molecule has 4 rings (SSSR count). The summed E-state index contributed by atoms with van der Waals surface area (Å²) in [4.78, 5) is 29.4. The van der Waals surface area contributed by atoms with Crippen LogP contribution in [-0.2, 0) is 4.79 Å². The Labute approximate surface area is 168 Å². The number of nitrogens with zero attached hydrogens (tertiary/aromatic N) is 2. The normalized spacial score (nSPS) is 22.8. The molecule has 2 atom stereocenters. The predicted molar refractivity (Wildman–Crippen MR) is 101 cm³/mol. The van der Waals surface area contributed by atoms with Crippen molar-refractivity contribution >= 4 is 23.2 Å². The Balaban J connectivity index is 1.81. The standard InChI is InChI=1S/C19H16FN3O5S/c1-23-5-4-19(27,18(23)26)3-2-9-6-10-13(7-11(9)20)28-8-12(24)15-14(10)22-17(29-15)16(21)25/h6-7,12,24,27H,4-5,8H2,1H3,(H2,21,25). The molecular formula is C19H16FN3O5S. The molecule has 3 heterocycles. The second-order valence-electron chi connectivity index (χ2n) is 6.84. The number of halogens is 1. The van der Waals surface area contributed by atoms with Crippen LogP contribution in [-0.4, -0.2) is 57.7 Å². The minimum Gasteiger partial charge on any atom is -0.490 e. The number of carbonyl (C=O) groups is 2. The molecule has 1 saturated heterocycles. The lowest BCUT2D eigenvalue weighted by Gasteiger charge is -2.13. The topological polar surface area (TPSA) is 126 Å². The first-order chi connectivity index (χ1) is 13.7. The monoisotopic (exact) mass is 417 g/mol. The molecule has 2 aliphatic heterocycles. The van der Waals surface area contributed by atoms with E-state index in [4.69, 9.17) is 10.5 Å². The molecule has 8 nitrogen and oxygen atoms in total. The van der Waals surface area contributed by atoms with Gasteiger partial charge in [0.25, 0.3) is 11.8 Å². The Morgan fingerprint density at radius 3 is 2.93 bits per heavy atom. The molecule has 1 fully saturated rings. The fraction of sp³-hybridized carbons (Fsp3) is 0.316. The van der Waals surface area contributed by atoms with Crippen molar-refractivity contribution < 1.29 is 28.9 Å². The number of primary amides is 1. The van der Waals surface area contributed by atoms with Gasteiger partial charge in [0.2, 0.25) is 5.60 Å². The highest BCUT2D eigenvalue weighted by atomic mass is 32.1. The summed E-state index contributed by atoms with van der Waals surface area (Å²) in [5.74, 6) is 3.12. The molecule has 0 saturated carbocycles. The summed E-state index contributed by atoms with van der Waals surface area (Å²) >= 11 is 0.937. The molecule has 0 radical (unpaired) electrons. The van der Waals surface area contributed by atoms with Gasteiger partial charge in [-0.2, -0.15) is 0 Å². The third kappa shape index (κ3) is 3.23. The van der Waals surface area contributed by atoms with Crippen LogP contribution >= 0.6 is 11.3 Å². The molecule has 2 amide bonds. The van der Waals surface area contributed by atoms with E-state index in [-0.39, 0.29) is 35.0 Å². The number of hydrogen-bond donors (Lipinski definition) is 3. The number of amides is 2. The van der Waals surface area contributed by atoms with Gasteiger partial charge in [-0.15, -0.1) is 11.3 Å². The van der Waals surface area contributed by atoms with E-state index < -0.39 is 29.3 Å². The molecule has 29 heavy (non-hydrogen) atoms. The number of aromatic nitrogens is 1. The van der Waals surface area contributed by atoms with Crippen LogP contribution < -0.4 is 10.5 Å². The maximum atomic E-state index is 14.6. The van der Waals surface area contributed by atoms with Crippen LogP contribution in [0.5, 0.6) is 5.75 Å². The summed E-state index contributed by atoms with van der Waals surface area (Å²) in [6.45, 7) is 0.200. The van der Waals surface area contributed by atoms with Crippen molar-refractivity contribution in [3.63, 3.8) is 0 Å². The van der Waals surface area contributed by atoms with Crippen molar-refractivity contribution in [2.45, 2.75) is 18.1 Å². The Morgan fingerprint density at radius 1 is 1.52 bits per heavy atom. The first kappa shape index (κ1) is 19.3. The van der Waals surface area contributed by atoms with Gasteiger partial charge in [-0.05, 0) is 6.07 Å². The number of rotatable bonds is 1. The van der Waals surface area contributed by atoms with Gasteiger partial charge in [-0.25, -0.2) is 9.37 Å². The fourth-order valence-electron chi connectivity index (χ4n) is 3.20. The van der Waals surface area contributed by atoms with Crippen LogP contribution in [0.2, 0.25) is 0 Å². The Bertz CT molecular complexity index is 1110. The van der Waals surface area contributed by atoms with E-state index in [0.29, 0.717) is 17.0 Å². The van der Waals surface area contributed by atoms with Crippen molar-refractivity contribution in [2.24, 2.45) is 5.73 Å². The van der Waals surface area contributed by atoms with Crippen LogP contribution in [0.25, 0.3) is 11.3 Å². The second-order valence-corrected chi connectivity index (χ2v) is 7.87. The molecule has 1 aromatic carbocycles. The van der Waals surface area contributed by atoms with E-state index >= 15 is 0 Å². The third-order valence-electron chi connectivity index (χ3n) is 4.80. The lowest BCUT2D eigenvalue weighted by Crippen LogP contribution is -2.37. The Morgan fingerprint density at radius 2 is 2.28 bits per heavy atom. The lowest BCUT2D eigenvalue weighted by molar-refractivity contribution is -0.137. The largest absolute Gasteiger partial charge is 0.490 e. The first-order valence-electron chi connectivity index (χ1n) is 8.66. The number of thiazole rings is 1. The SMILES string of the molecule is CN1CCC(O)(C#Cc2cc3c(cc2F)OCC(O)c2sc(C(N)=O)nc2-3)C1=O. The molecule has 0 spiro atoms. The number of ether oxygens (including phenoxy) is 1. The average molecular weight is 417 g/mol. The zero-order chi connectivity index (χ0) is 20.9. The van der Waals surface area contributed by atoms with Crippen LogP contribution in [0.4, 0.5) is 4.39 Å². The number of likely N-dealkylation sites (tertiary alicyclic amines) is 1. The van der Waals surface area contributed by atoms with E-state index in [0.717, 1.165) is 17.4 Å². The average Bonchev–Trinajstić information content (AvgIpc) is 3.20. The van der Waals surface area contributed by atoms with Gasteiger partial charge in [-0.3, -0.25) is 9.59 Å². The quantitative estimate of drug-likeness (QED) is 0.578. The van der Waals surface area contributed by atoms with Gasteiger partial charge in [0.05, 0.1) is 16.1 Å². The molecule has 1 aromatic heterocycles. The highest BCUT2D eigenvalue weighted by Gasteiger charge is 2.42. The minimum atomic E-state index is -1.87. The maximum absolute atomic E-state index is 14.6. The highest BCUT2D eigenvalue weighted by molar-refractivity contribution is 7.14. The molecule has 0 bridgehead atoms. The number of nitrogens with two attached hydrogens (primary N) is 1. The smallest absolute Gasteiger partial charge is 0.277 e. The number of aliphatic hydroxyl groups is 2. The maximum Gasteiger partial charge on any atom is 0.277 e. The molecule has 4 N–H and O–H groups in total. The van der Waals surface area contributed by atoms with Gasteiger partial charge < -0.3 is 25.6 Å². The Hall–Kier alpha value is -3.00. The number of hydrogen-bond acceptors (Lipinski definition) is 7. The van der Waals surface area contributed by atoms with Gasteiger partial charge in [0.1, 0.15) is 24.3 Å². The summed E-state index contributed by atoms with van der Waals surface area (Å²) in [6.07, 6.45) is -0.942. The van der Waals surface area contributed by atoms with Gasteiger partial charge in [0.15, 0.2) is 5.01 Å². The molecule has 2 unspecified atom stereocenters. The van der Waals surface area contributed by atoms with Crippen LogP contribution in [0.3, 0.4) is 0 Å². The predicted octanol–water partition coefficient (Wildman–Crippen LogP) is 0.419. The molecular weight excluding hydrogens is 401 g/mol. The van der Waals surface area contributed by atoms with E-state index in [1.54, 1.807) is 7.05 Å². The third-order valence-corrected chi connectivity index (χ3v) is 5.97. The van der Waals surface area contributed by atoms with Gasteiger partial charge >= 0.3 is 0 Å². The van der Waals surface area contributed by atoms with Crippen molar-refractivity contribution in [3.8, 4) is 28.8 Å². The molecule has 2 aliphatic rings. The zero-order valence-corrected chi connectivity index (χ0v) is 16.0. The number of aliphatic hydroxyl groups excluding tert-OH is 1. The summed E-state index contributed by atoms with van der Waals surface area (Å²) < 4.78 is 20.0. The van der Waals surface area contributed by atoms with Gasteiger partial charge in [-0.1, -0.05) is 11.8 Å². The van der Waals surface area contributed by atoms with E-state index in [1.807, 2.05) is 0 Å². The highest BCUT2D eigenvalue weighted by Crippen LogP contribution is 2.41. The lowest BCUT2D eigenvalue weighted by atomic mass is 10.0. The van der Waals surface area contributed by atoms with Crippen molar-refractivity contribution in [2.75, 3.05) is 20.2 Å². The molecule has 0 aliphatic carbocycles. The van der Waals surface area contributed by atoms with E-state index in [9.17, 15) is 24.2 Å². The van der Waals surface area contributed by atoms with Crippen LogP contribution in [0, 0.1) is 17.7 Å².